The monoisotopic (exact) mass is 238 g/mol. The predicted molar refractivity (Wildman–Crippen MR) is 60.9 cm³/mol. The first-order valence-corrected chi connectivity index (χ1v) is 6.01. The van der Waals surface area contributed by atoms with E-state index in [1.165, 1.54) is 23.3 Å². The van der Waals surface area contributed by atoms with Crippen LogP contribution in [0.15, 0.2) is 34.0 Å². The third-order valence-corrected chi connectivity index (χ3v) is 3.57. The first kappa shape index (κ1) is 10.5. The molecule has 0 unspecified atom stereocenters. The molecule has 6 heteroatoms. The van der Waals surface area contributed by atoms with Crippen LogP contribution in [0.3, 0.4) is 0 Å². The van der Waals surface area contributed by atoms with Crippen LogP contribution >= 0.6 is 23.3 Å². The van der Waals surface area contributed by atoms with Gasteiger partial charge in [-0.3, -0.25) is 0 Å². The molecule has 15 heavy (non-hydrogen) atoms. The molecule has 0 fully saturated rings. The average Bonchev–Trinajstić information content (AvgIpc) is 2.71. The Morgan fingerprint density at radius 3 is 3.00 bits per heavy atom. The lowest BCUT2D eigenvalue weighted by molar-refractivity contribution is 0.779. The molecule has 0 aliphatic heterocycles. The van der Waals surface area contributed by atoms with Gasteiger partial charge >= 0.3 is 0 Å². The number of aromatic nitrogens is 3. The molecule has 0 amide bonds. The molecule has 2 aromatic heterocycles. The van der Waals surface area contributed by atoms with Crippen LogP contribution < -0.4 is 5.73 Å². The van der Waals surface area contributed by atoms with E-state index in [0.717, 1.165) is 14.9 Å². The van der Waals surface area contributed by atoms with Crippen LogP contribution in [-0.2, 0) is 0 Å². The Bertz CT molecular complexity index is 427. The highest BCUT2D eigenvalue weighted by atomic mass is 32.2. The predicted octanol–water partition coefficient (Wildman–Crippen LogP) is 2.10. The van der Waals surface area contributed by atoms with Crippen molar-refractivity contribution in [2.24, 2.45) is 5.73 Å². The van der Waals surface area contributed by atoms with E-state index >= 15 is 0 Å². The molecule has 4 nitrogen and oxygen atoms in total. The molecule has 0 aliphatic carbocycles. The summed E-state index contributed by atoms with van der Waals surface area (Å²) in [5.74, 6) is 0. The van der Waals surface area contributed by atoms with Crippen LogP contribution in [0, 0.1) is 0 Å². The summed E-state index contributed by atoms with van der Waals surface area (Å²) in [7, 11) is 0. The molecule has 0 spiro atoms. The molecule has 2 aromatic rings. The zero-order chi connectivity index (χ0) is 10.7. The Balaban J connectivity index is 2.28. The molecule has 0 saturated heterocycles. The Labute approximate surface area is 96.1 Å². The minimum atomic E-state index is -0.0193. The fourth-order valence-electron chi connectivity index (χ4n) is 1.13. The van der Waals surface area contributed by atoms with E-state index in [9.17, 15) is 0 Å². The van der Waals surface area contributed by atoms with E-state index in [1.54, 1.807) is 12.5 Å². The van der Waals surface area contributed by atoms with E-state index in [1.807, 2.05) is 19.1 Å². The second-order valence-electron chi connectivity index (χ2n) is 3.00. The second-order valence-corrected chi connectivity index (χ2v) is 5.01. The van der Waals surface area contributed by atoms with Crippen molar-refractivity contribution >= 4 is 23.3 Å². The van der Waals surface area contributed by atoms with Gasteiger partial charge in [-0.25, -0.2) is 9.97 Å². The molecule has 2 N–H and O–H groups in total. The fourth-order valence-corrected chi connectivity index (χ4v) is 2.67. The lowest BCUT2D eigenvalue weighted by atomic mass is 10.2. The van der Waals surface area contributed by atoms with Crippen molar-refractivity contribution < 1.29 is 0 Å². The van der Waals surface area contributed by atoms with Gasteiger partial charge in [-0.2, -0.15) is 4.37 Å². The average molecular weight is 238 g/mol. The molecule has 0 aliphatic rings. The Kier molecular flexibility index (Phi) is 3.30. The SMILES string of the molecule is C[C@@H](N)c1cccnc1Sc1ncns1. The lowest BCUT2D eigenvalue weighted by Crippen LogP contribution is -2.06. The number of hydrogen-bond donors (Lipinski definition) is 1. The van der Waals surface area contributed by atoms with Crippen LogP contribution in [0.1, 0.15) is 18.5 Å². The number of rotatable bonds is 3. The van der Waals surface area contributed by atoms with Crippen LogP contribution in [-0.4, -0.2) is 14.3 Å². The molecular weight excluding hydrogens is 228 g/mol. The standard InChI is InChI=1S/C9H10N4S2/c1-6(10)7-3-2-4-11-8(7)14-9-12-5-13-15-9/h2-6H,10H2,1H3/t6-/m1/s1. The molecule has 0 aromatic carbocycles. The van der Waals surface area contributed by atoms with Gasteiger partial charge < -0.3 is 5.73 Å². The van der Waals surface area contributed by atoms with Gasteiger partial charge in [-0.05, 0) is 36.3 Å². The van der Waals surface area contributed by atoms with Gasteiger partial charge in [-0.15, -0.1) is 0 Å². The summed E-state index contributed by atoms with van der Waals surface area (Å²) in [6, 6.07) is 3.86. The molecular formula is C9H10N4S2. The quantitative estimate of drug-likeness (QED) is 0.887. The van der Waals surface area contributed by atoms with Crippen LogP contribution in [0.4, 0.5) is 0 Å². The fraction of sp³-hybridized carbons (Fsp3) is 0.222. The van der Waals surface area contributed by atoms with E-state index in [4.69, 9.17) is 5.73 Å². The summed E-state index contributed by atoms with van der Waals surface area (Å²) in [5.41, 5.74) is 6.90. The first-order chi connectivity index (χ1) is 7.27. The van der Waals surface area contributed by atoms with Crippen molar-refractivity contribution in [2.45, 2.75) is 22.3 Å². The normalized spacial score (nSPS) is 12.7. The minimum absolute atomic E-state index is 0.0193. The maximum absolute atomic E-state index is 5.86. The topological polar surface area (TPSA) is 64.7 Å². The number of nitrogens with zero attached hydrogens (tertiary/aromatic N) is 3. The largest absolute Gasteiger partial charge is 0.324 e. The van der Waals surface area contributed by atoms with Crippen LogP contribution in [0.5, 0.6) is 0 Å². The number of hydrogen-bond acceptors (Lipinski definition) is 6. The smallest absolute Gasteiger partial charge is 0.176 e. The van der Waals surface area contributed by atoms with Gasteiger partial charge in [0.05, 0.1) is 0 Å². The van der Waals surface area contributed by atoms with Gasteiger partial charge in [-0.1, -0.05) is 6.07 Å². The Hall–Kier alpha value is -0.980. The molecule has 78 valence electrons. The third-order valence-electron chi connectivity index (χ3n) is 1.82. The van der Waals surface area contributed by atoms with Crippen molar-refractivity contribution in [2.75, 3.05) is 0 Å². The highest BCUT2D eigenvalue weighted by Crippen LogP contribution is 2.30. The summed E-state index contributed by atoms with van der Waals surface area (Å²) < 4.78 is 4.83. The van der Waals surface area contributed by atoms with Crippen molar-refractivity contribution in [1.29, 1.82) is 0 Å². The zero-order valence-electron chi connectivity index (χ0n) is 8.12. The maximum Gasteiger partial charge on any atom is 0.176 e. The highest BCUT2D eigenvalue weighted by molar-refractivity contribution is 8.00. The van der Waals surface area contributed by atoms with E-state index in [2.05, 4.69) is 14.3 Å². The first-order valence-electron chi connectivity index (χ1n) is 4.42. The summed E-state index contributed by atoms with van der Waals surface area (Å²) >= 11 is 2.86. The molecule has 0 radical (unpaired) electrons. The molecule has 0 saturated carbocycles. The van der Waals surface area contributed by atoms with Gasteiger partial charge in [0.25, 0.3) is 0 Å². The van der Waals surface area contributed by atoms with E-state index < -0.39 is 0 Å². The summed E-state index contributed by atoms with van der Waals surface area (Å²) in [6.07, 6.45) is 3.30. The zero-order valence-corrected chi connectivity index (χ0v) is 9.76. The molecule has 2 rings (SSSR count). The van der Waals surface area contributed by atoms with Crippen molar-refractivity contribution in [3.05, 3.63) is 30.2 Å². The van der Waals surface area contributed by atoms with Gasteiger partial charge in [0.2, 0.25) is 0 Å². The van der Waals surface area contributed by atoms with Gasteiger partial charge in [0.1, 0.15) is 11.4 Å². The van der Waals surface area contributed by atoms with E-state index in [-0.39, 0.29) is 6.04 Å². The molecule has 0 bridgehead atoms. The Morgan fingerprint density at radius 1 is 1.47 bits per heavy atom. The van der Waals surface area contributed by atoms with Gasteiger partial charge in [0.15, 0.2) is 4.34 Å². The van der Waals surface area contributed by atoms with Crippen molar-refractivity contribution in [3.8, 4) is 0 Å². The minimum Gasteiger partial charge on any atom is -0.324 e. The molecule has 2 heterocycles. The van der Waals surface area contributed by atoms with Gasteiger partial charge in [0, 0.05) is 17.8 Å². The van der Waals surface area contributed by atoms with Crippen molar-refractivity contribution in [1.82, 2.24) is 14.3 Å². The second kappa shape index (κ2) is 4.69. The summed E-state index contributed by atoms with van der Waals surface area (Å²) in [4.78, 5) is 8.40. The third kappa shape index (κ3) is 2.53. The number of nitrogens with two attached hydrogens (primary N) is 1. The Morgan fingerprint density at radius 2 is 2.33 bits per heavy atom. The van der Waals surface area contributed by atoms with Crippen molar-refractivity contribution in [3.63, 3.8) is 0 Å². The lowest BCUT2D eigenvalue weighted by Gasteiger charge is -2.08. The van der Waals surface area contributed by atoms with Crippen LogP contribution in [0.25, 0.3) is 0 Å². The molecule has 1 atom stereocenters. The highest BCUT2D eigenvalue weighted by Gasteiger charge is 2.10. The van der Waals surface area contributed by atoms with E-state index in [0.29, 0.717) is 0 Å². The maximum atomic E-state index is 5.86. The number of pyridine rings is 1. The summed E-state index contributed by atoms with van der Waals surface area (Å²) in [5, 5.41) is 0.907. The van der Waals surface area contributed by atoms with Crippen LogP contribution in [0.2, 0.25) is 0 Å². The summed E-state index contributed by atoms with van der Waals surface area (Å²) in [6.45, 7) is 1.95.